The van der Waals surface area contributed by atoms with Crippen molar-refractivity contribution in [2.45, 2.75) is 17.7 Å². The van der Waals surface area contributed by atoms with Crippen molar-refractivity contribution in [2.24, 2.45) is 5.92 Å². The van der Waals surface area contributed by atoms with Gasteiger partial charge in [-0.25, -0.2) is 8.42 Å². The number of nitrogens with one attached hydrogen (secondary N) is 1. The van der Waals surface area contributed by atoms with Crippen molar-refractivity contribution in [2.75, 3.05) is 18.5 Å². The average Bonchev–Trinajstić information content (AvgIpc) is 3.39. The molecule has 2 aromatic rings. The molecule has 7 heteroatoms. The number of carbonyl (C=O) groups excluding carboxylic acids is 1. The number of benzene rings is 2. The van der Waals surface area contributed by atoms with Crippen LogP contribution in [0.25, 0.3) is 0 Å². The summed E-state index contributed by atoms with van der Waals surface area (Å²) in [6.07, 6.45) is 2.03. The Kier molecular flexibility index (Phi) is 4.72. The topological polar surface area (TPSA) is 75.7 Å². The van der Waals surface area contributed by atoms with E-state index < -0.39 is 20.7 Å². The molecule has 146 valence electrons. The fourth-order valence-electron chi connectivity index (χ4n) is 3.77. The molecule has 1 saturated carbocycles. The van der Waals surface area contributed by atoms with Crippen LogP contribution in [0.5, 0.6) is 5.75 Å². The Hall–Kier alpha value is -2.64. The lowest BCUT2D eigenvalue weighted by molar-refractivity contribution is -0.116. The van der Waals surface area contributed by atoms with E-state index in [0.717, 1.165) is 5.56 Å². The minimum absolute atomic E-state index is 0.156. The van der Waals surface area contributed by atoms with Crippen LogP contribution in [0.3, 0.4) is 0 Å². The first-order chi connectivity index (χ1) is 13.5. The van der Waals surface area contributed by atoms with Crippen LogP contribution in [-0.2, 0) is 21.4 Å². The van der Waals surface area contributed by atoms with Crippen molar-refractivity contribution >= 4 is 21.6 Å². The molecule has 4 rings (SSSR count). The summed E-state index contributed by atoms with van der Waals surface area (Å²) < 4.78 is 31.7. The lowest BCUT2D eigenvalue weighted by Gasteiger charge is -2.21. The summed E-state index contributed by atoms with van der Waals surface area (Å²) in [5.74, 6) is 0.0483. The van der Waals surface area contributed by atoms with Gasteiger partial charge in [-0.05, 0) is 36.2 Å². The van der Waals surface area contributed by atoms with Gasteiger partial charge in [0.15, 0.2) is 4.75 Å². The third kappa shape index (κ3) is 3.10. The molecule has 0 spiro atoms. The number of hydrogen-bond acceptors (Lipinski definition) is 4. The van der Waals surface area contributed by atoms with E-state index in [1.165, 1.54) is 4.31 Å². The van der Waals surface area contributed by atoms with Crippen LogP contribution in [0.1, 0.15) is 12.0 Å². The third-order valence-electron chi connectivity index (χ3n) is 5.34. The highest BCUT2D eigenvalue weighted by atomic mass is 32.2. The highest BCUT2D eigenvalue weighted by molar-refractivity contribution is 7.92. The molecule has 1 N–H and O–H groups in total. The Morgan fingerprint density at radius 3 is 2.61 bits per heavy atom. The Morgan fingerprint density at radius 2 is 1.93 bits per heavy atom. The zero-order valence-electron chi connectivity index (χ0n) is 15.4. The maximum atomic E-state index is 13.1. The van der Waals surface area contributed by atoms with Gasteiger partial charge < -0.3 is 10.1 Å². The predicted molar refractivity (Wildman–Crippen MR) is 107 cm³/mol. The van der Waals surface area contributed by atoms with Gasteiger partial charge in [0.25, 0.3) is 0 Å². The summed E-state index contributed by atoms with van der Waals surface area (Å²) in [6.45, 7) is 4.67. The SMILES string of the molecule is C=CCOc1ccc(NC(=O)C23CC2CN(Cc2ccccc2)S3(=O)=O)cc1. The van der Waals surface area contributed by atoms with Crippen LogP contribution in [0.15, 0.2) is 67.3 Å². The van der Waals surface area contributed by atoms with Crippen LogP contribution >= 0.6 is 0 Å². The highest BCUT2D eigenvalue weighted by Gasteiger charge is 2.75. The van der Waals surface area contributed by atoms with Crippen molar-refractivity contribution in [1.82, 2.24) is 4.31 Å². The minimum atomic E-state index is -3.71. The lowest BCUT2D eigenvalue weighted by atomic mass is 10.2. The monoisotopic (exact) mass is 398 g/mol. The number of amides is 1. The van der Waals surface area contributed by atoms with E-state index in [-0.39, 0.29) is 5.92 Å². The smallest absolute Gasteiger partial charge is 0.247 e. The summed E-state index contributed by atoms with van der Waals surface area (Å²) in [7, 11) is -3.71. The average molecular weight is 398 g/mol. The number of carbonyl (C=O) groups is 1. The largest absolute Gasteiger partial charge is 0.490 e. The number of hydrogen-bond donors (Lipinski definition) is 1. The highest BCUT2D eigenvalue weighted by Crippen LogP contribution is 2.58. The van der Waals surface area contributed by atoms with Gasteiger partial charge in [-0.3, -0.25) is 4.79 Å². The second-order valence-electron chi connectivity index (χ2n) is 7.15. The standard InChI is InChI=1S/C21H22N2O4S/c1-2-12-27-19-10-8-18(9-11-19)22-20(24)21-13-17(21)15-23(28(21,25)26)14-16-6-4-3-5-7-16/h2-11,17H,1,12-15H2,(H,22,24). The summed E-state index contributed by atoms with van der Waals surface area (Å²) in [4.78, 5) is 12.9. The lowest BCUT2D eigenvalue weighted by Crippen LogP contribution is -2.41. The zero-order valence-corrected chi connectivity index (χ0v) is 16.2. The minimum Gasteiger partial charge on any atom is -0.490 e. The Morgan fingerprint density at radius 1 is 1.21 bits per heavy atom. The third-order valence-corrected chi connectivity index (χ3v) is 7.90. The van der Waals surface area contributed by atoms with Crippen molar-refractivity contribution in [3.63, 3.8) is 0 Å². The zero-order chi connectivity index (χ0) is 19.8. The van der Waals surface area contributed by atoms with E-state index in [0.29, 0.717) is 37.6 Å². The van der Waals surface area contributed by atoms with E-state index in [1.54, 1.807) is 30.3 Å². The van der Waals surface area contributed by atoms with Gasteiger partial charge in [0, 0.05) is 24.7 Å². The van der Waals surface area contributed by atoms with Crippen molar-refractivity contribution < 1.29 is 17.9 Å². The fraction of sp³-hybridized carbons (Fsp3) is 0.286. The molecule has 0 bridgehead atoms. The van der Waals surface area contributed by atoms with Gasteiger partial charge in [-0.2, -0.15) is 4.31 Å². The second-order valence-corrected chi connectivity index (χ2v) is 9.35. The quantitative estimate of drug-likeness (QED) is 0.728. The number of rotatable bonds is 7. The molecule has 1 heterocycles. The molecule has 28 heavy (non-hydrogen) atoms. The first-order valence-corrected chi connectivity index (χ1v) is 10.6. The summed E-state index contributed by atoms with van der Waals surface area (Å²) in [5.41, 5.74) is 1.46. The van der Waals surface area contributed by atoms with Crippen LogP contribution in [0.4, 0.5) is 5.69 Å². The molecular formula is C21H22N2O4S. The number of sulfonamides is 1. The normalized spacial score (nSPS) is 24.9. The number of ether oxygens (including phenoxy) is 1. The van der Waals surface area contributed by atoms with Crippen LogP contribution in [0, 0.1) is 5.92 Å². The molecule has 0 radical (unpaired) electrons. The van der Waals surface area contributed by atoms with Crippen molar-refractivity contribution in [3.05, 3.63) is 72.8 Å². The fourth-order valence-corrected chi connectivity index (χ4v) is 6.12. The molecule has 2 atom stereocenters. The number of anilines is 1. The summed E-state index contributed by atoms with van der Waals surface area (Å²) >= 11 is 0. The van der Waals surface area contributed by atoms with Gasteiger partial charge in [0.2, 0.25) is 15.9 Å². The number of fused-ring (bicyclic) bond motifs is 1. The predicted octanol–water partition coefficient (Wildman–Crippen LogP) is 2.79. The van der Waals surface area contributed by atoms with Crippen LogP contribution < -0.4 is 10.1 Å². The van der Waals surface area contributed by atoms with E-state index in [4.69, 9.17) is 4.74 Å². The maximum Gasteiger partial charge on any atom is 0.247 e. The van der Waals surface area contributed by atoms with Gasteiger partial charge in [0.05, 0.1) is 0 Å². The van der Waals surface area contributed by atoms with Gasteiger partial charge in [-0.1, -0.05) is 43.0 Å². The van der Waals surface area contributed by atoms with Gasteiger partial charge in [-0.15, -0.1) is 0 Å². The molecule has 1 aliphatic heterocycles. The summed E-state index contributed by atoms with van der Waals surface area (Å²) in [5, 5.41) is 2.77. The van der Waals surface area contributed by atoms with Gasteiger partial charge in [0.1, 0.15) is 12.4 Å². The molecule has 2 aliphatic rings. The Balaban J connectivity index is 1.47. The van der Waals surface area contributed by atoms with Crippen LogP contribution in [0.2, 0.25) is 0 Å². The molecular weight excluding hydrogens is 376 g/mol. The Labute approximate surface area is 164 Å². The van der Waals surface area contributed by atoms with E-state index in [1.807, 2.05) is 30.3 Å². The van der Waals surface area contributed by atoms with E-state index >= 15 is 0 Å². The van der Waals surface area contributed by atoms with Crippen LogP contribution in [-0.4, -0.2) is 36.5 Å². The molecule has 2 unspecified atom stereocenters. The molecule has 6 nitrogen and oxygen atoms in total. The molecule has 1 saturated heterocycles. The molecule has 0 aromatic heterocycles. The molecule has 1 amide bonds. The molecule has 2 fully saturated rings. The first kappa shape index (κ1) is 18.7. The van der Waals surface area contributed by atoms with Crippen molar-refractivity contribution in [3.8, 4) is 5.75 Å². The maximum absolute atomic E-state index is 13.1. The molecule has 2 aromatic carbocycles. The Bertz CT molecular complexity index is 989. The molecule has 1 aliphatic carbocycles. The van der Waals surface area contributed by atoms with Crippen molar-refractivity contribution in [1.29, 1.82) is 0 Å². The van der Waals surface area contributed by atoms with Gasteiger partial charge >= 0.3 is 0 Å². The van der Waals surface area contributed by atoms with E-state index in [9.17, 15) is 13.2 Å². The summed E-state index contributed by atoms with van der Waals surface area (Å²) in [6, 6.07) is 16.3. The van der Waals surface area contributed by atoms with E-state index in [2.05, 4.69) is 11.9 Å². The second kappa shape index (κ2) is 7.07. The number of nitrogens with zero attached hydrogens (tertiary/aromatic N) is 1. The first-order valence-electron chi connectivity index (χ1n) is 9.16.